The molecule has 0 aromatic heterocycles. The van der Waals surface area contributed by atoms with Crippen LogP contribution in [0.25, 0.3) is 0 Å². The maximum atomic E-state index is 13.0. The summed E-state index contributed by atoms with van der Waals surface area (Å²) in [4.78, 5) is 14.9. The van der Waals surface area contributed by atoms with Crippen LogP contribution in [0.4, 0.5) is 0 Å². The van der Waals surface area contributed by atoms with Gasteiger partial charge in [-0.2, -0.15) is 8.42 Å². The Labute approximate surface area is 155 Å². The lowest BCUT2D eigenvalue weighted by molar-refractivity contribution is 0.0671. The third-order valence-corrected chi connectivity index (χ3v) is 4.78. The molecule has 0 fully saturated rings. The average Bonchev–Trinajstić information content (AvgIpc) is 2.59. The minimum atomic E-state index is -3.55. The lowest BCUT2D eigenvalue weighted by Gasteiger charge is -2.29. The predicted octanol–water partition coefficient (Wildman–Crippen LogP) is 3.77. The third-order valence-electron chi connectivity index (χ3n) is 4.28. The van der Waals surface area contributed by atoms with E-state index in [1.807, 2.05) is 49.9 Å². The van der Waals surface area contributed by atoms with Gasteiger partial charge in [-0.3, -0.25) is 4.79 Å². The van der Waals surface area contributed by atoms with E-state index in [4.69, 9.17) is 4.18 Å². The Morgan fingerprint density at radius 2 is 1.73 bits per heavy atom. The van der Waals surface area contributed by atoms with Crippen molar-refractivity contribution in [3.05, 3.63) is 65.2 Å². The summed E-state index contributed by atoms with van der Waals surface area (Å²) in [5, 5.41) is 0. The Morgan fingerprint density at radius 3 is 2.27 bits per heavy atom. The highest BCUT2D eigenvalue weighted by Crippen LogP contribution is 2.20. The molecule has 26 heavy (non-hydrogen) atoms. The van der Waals surface area contributed by atoms with E-state index in [0.717, 1.165) is 23.8 Å². The Hall–Kier alpha value is -2.34. The van der Waals surface area contributed by atoms with Gasteiger partial charge in [0.25, 0.3) is 5.91 Å². The Kier molecular flexibility index (Phi) is 6.42. The second kappa shape index (κ2) is 8.36. The fraction of sp³-hybridized carbons (Fsp3) is 0.350. The minimum absolute atomic E-state index is 0.00564. The molecule has 2 aromatic carbocycles. The Morgan fingerprint density at radius 1 is 1.12 bits per heavy atom. The topological polar surface area (TPSA) is 63.7 Å². The van der Waals surface area contributed by atoms with E-state index in [0.29, 0.717) is 12.1 Å². The second-order valence-corrected chi connectivity index (χ2v) is 8.01. The number of hydrogen-bond acceptors (Lipinski definition) is 4. The molecule has 0 unspecified atom stereocenters. The number of hydrogen-bond donors (Lipinski definition) is 0. The van der Waals surface area contributed by atoms with Gasteiger partial charge in [-0.05, 0) is 49.6 Å². The van der Waals surface area contributed by atoms with E-state index in [9.17, 15) is 13.2 Å². The van der Waals surface area contributed by atoms with Crippen molar-refractivity contribution in [3.63, 3.8) is 0 Å². The van der Waals surface area contributed by atoms with E-state index >= 15 is 0 Å². The van der Waals surface area contributed by atoms with Crippen molar-refractivity contribution >= 4 is 16.0 Å². The van der Waals surface area contributed by atoms with Crippen molar-refractivity contribution in [3.8, 4) is 5.75 Å². The number of rotatable bonds is 7. The SMILES string of the molecule is CC[C@H](C)N(Cc1ccc(OS(C)(=O)=O)cc1)C(=O)c1ccccc1C. The first-order chi connectivity index (χ1) is 12.2. The normalized spacial score (nSPS) is 12.5. The molecule has 1 atom stereocenters. The molecule has 0 saturated heterocycles. The van der Waals surface area contributed by atoms with Gasteiger partial charge in [-0.15, -0.1) is 0 Å². The summed E-state index contributed by atoms with van der Waals surface area (Å²) in [6.07, 6.45) is 1.85. The summed E-state index contributed by atoms with van der Waals surface area (Å²) in [6, 6.07) is 14.4. The first-order valence-electron chi connectivity index (χ1n) is 8.56. The van der Waals surface area contributed by atoms with Crippen LogP contribution in [0.3, 0.4) is 0 Å². The molecule has 0 N–H and O–H groups in total. The van der Waals surface area contributed by atoms with Crippen molar-refractivity contribution in [1.29, 1.82) is 0 Å². The van der Waals surface area contributed by atoms with E-state index in [-0.39, 0.29) is 17.7 Å². The molecule has 6 heteroatoms. The van der Waals surface area contributed by atoms with Gasteiger partial charge in [0.05, 0.1) is 6.26 Å². The average molecular weight is 375 g/mol. The van der Waals surface area contributed by atoms with Crippen LogP contribution in [0.2, 0.25) is 0 Å². The molecule has 0 bridgehead atoms. The zero-order chi connectivity index (χ0) is 19.3. The van der Waals surface area contributed by atoms with E-state index in [2.05, 4.69) is 0 Å². The highest BCUT2D eigenvalue weighted by molar-refractivity contribution is 7.86. The van der Waals surface area contributed by atoms with Gasteiger partial charge in [0.15, 0.2) is 0 Å². The molecule has 0 heterocycles. The summed E-state index contributed by atoms with van der Waals surface area (Å²) < 4.78 is 27.2. The third kappa shape index (κ3) is 5.33. The smallest absolute Gasteiger partial charge is 0.306 e. The largest absolute Gasteiger partial charge is 0.383 e. The molecule has 0 aliphatic carbocycles. The van der Waals surface area contributed by atoms with E-state index in [1.165, 1.54) is 0 Å². The summed E-state index contributed by atoms with van der Waals surface area (Å²) in [7, 11) is -3.55. The van der Waals surface area contributed by atoms with Crippen molar-refractivity contribution < 1.29 is 17.4 Å². The monoisotopic (exact) mass is 375 g/mol. The second-order valence-electron chi connectivity index (χ2n) is 6.44. The van der Waals surface area contributed by atoms with Gasteiger partial charge >= 0.3 is 10.1 Å². The predicted molar refractivity (Wildman–Crippen MR) is 103 cm³/mol. The first kappa shape index (κ1) is 20.0. The highest BCUT2D eigenvalue weighted by Gasteiger charge is 2.22. The zero-order valence-electron chi connectivity index (χ0n) is 15.6. The van der Waals surface area contributed by atoms with Crippen LogP contribution in [-0.4, -0.2) is 31.5 Å². The molecule has 0 aliphatic rings. The van der Waals surface area contributed by atoms with Gasteiger partial charge in [-0.25, -0.2) is 0 Å². The van der Waals surface area contributed by atoms with Gasteiger partial charge in [0.1, 0.15) is 5.75 Å². The van der Waals surface area contributed by atoms with Crippen molar-refractivity contribution in [2.75, 3.05) is 6.26 Å². The number of carbonyl (C=O) groups excluding carboxylic acids is 1. The number of nitrogens with zero attached hydrogens (tertiary/aromatic N) is 1. The van der Waals surface area contributed by atoms with Crippen LogP contribution in [0.5, 0.6) is 5.75 Å². The molecule has 2 aromatic rings. The van der Waals surface area contributed by atoms with E-state index < -0.39 is 10.1 Å². The molecule has 0 spiro atoms. The fourth-order valence-electron chi connectivity index (χ4n) is 2.64. The number of aryl methyl sites for hydroxylation is 1. The van der Waals surface area contributed by atoms with E-state index in [1.54, 1.807) is 24.3 Å². The number of amides is 1. The van der Waals surface area contributed by atoms with Crippen LogP contribution in [0, 0.1) is 6.92 Å². The molecular formula is C20H25NO4S. The highest BCUT2D eigenvalue weighted by atomic mass is 32.2. The standard InChI is InChI=1S/C20H25NO4S/c1-5-16(3)21(20(22)19-9-7-6-8-15(19)2)14-17-10-12-18(13-11-17)25-26(4,23)24/h6-13,16H,5,14H2,1-4H3/t16-/m0/s1. The quantitative estimate of drug-likeness (QED) is 0.691. The van der Waals surface area contributed by atoms with Crippen LogP contribution in [0.15, 0.2) is 48.5 Å². The number of carbonyl (C=O) groups is 1. The van der Waals surface area contributed by atoms with Crippen LogP contribution >= 0.6 is 0 Å². The van der Waals surface area contributed by atoms with Gasteiger partial charge in [-0.1, -0.05) is 37.3 Å². The van der Waals surface area contributed by atoms with Crippen molar-refractivity contribution in [1.82, 2.24) is 4.90 Å². The molecule has 0 radical (unpaired) electrons. The fourth-order valence-corrected chi connectivity index (χ4v) is 3.10. The maximum Gasteiger partial charge on any atom is 0.306 e. The summed E-state index contributed by atoms with van der Waals surface area (Å²) in [5.74, 6) is 0.255. The first-order valence-corrected chi connectivity index (χ1v) is 10.4. The zero-order valence-corrected chi connectivity index (χ0v) is 16.4. The maximum absolute atomic E-state index is 13.0. The lowest BCUT2D eigenvalue weighted by Crippen LogP contribution is -2.38. The van der Waals surface area contributed by atoms with Crippen LogP contribution < -0.4 is 4.18 Å². The summed E-state index contributed by atoms with van der Waals surface area (Å²) in [6.45, 7) is 6.45. The summed E-state index contributed by atoms with van der Waals surface area (Å²) >= 11 is 0. The molecule has 1 amide bonds. The molecule has 0 saturated carbocycles. The van der Waals surface area contributed by atoms with Gasteiger partial charge in [0, 0.05) is 18.2 Å². The van der Waals surface area contributed by atoms with Crippen molar-refractivity contribution in [2.24, 2.45) is 0 Å². The Balaban J connectivity index is 2.23. The molecular weight excluding hydrogens is 350 g/mol. The minimum Gasteiger partial charge on any atom is -0.383 e. The van der Waals surface area contributed by atoms with Crippen LogP contribution in [0.1, 0.15) is 41.8 Å². The van der Waals surface area contributed by atoms with Gasteiger partial charge < -0.3 is 9.08 Å². The van der Waals surface area contributed by atoms with Crippen LogP contribution in [-0.2, 0) is 16.7 Å². The molecule has 2 rings (SSSR count). The van der Waals surface area contributed by atoms with Crippen molar-refractivity contribution in [2.45, 2.75) is 39.8 Å². The number of benzene rings is 2. The molecule has 140 valence electrons. The lowest BCUT2D eigenvalue weighted by atomic mass is 10.1. The Bertz CT molecular complexity index is 860. The van der Waals surface area contributed by atoms with Gasteiger partial charge in [0.2, 0.25) is 0 Å². The molecule has 0 aliphatic heterocycles. The summed E-state index contributed by atoms with van der Waals surface area (Å²) in [5.41, 5.74) is 2.56. The molecule has 5 nitrogen and oxygen atoms in total.